The van der Waals surface area contributed by atoms with E-state index in [0.717, 1.165) is 25.5 Å². The van der Waals surface area contributed by atoms with E-state index in [1.54, 1.807) is 0 Å². The third kappa shape index (κ3) is 4.68. The molecule has 21 heavy (non-hydrogen) atoms. The molecule has 1 N–H and O–H groups in total. The predicted octanol–water partition coefficient (Wildman–Crippen LogP) is 2.50. The summed E-state index contributed by atoms with van der Waals surface area (Å²) in [6, 6.07) is 5.45. The van der Waals surface area contributed by atoms with Crippen LogP contribution in [0.1, 0.15) is 39.2 Å². The Morgan fingerprint density at radius 1 is 1.38 bits per heavy atom. The van der Waals surface area contributed by atoms with Gasteiger partial charge in [-0.3, -0.25) is 0 Å². The molecule has 2 rings (SSSR count). The van der Waals surface area contributed by atoms with Crippen LogP contribution >= 0.6 is 0 Å². The third-order valence-corrected chi connectivity index (χ3v) is 4.19. The maximum Gasteiger partial charge on any atom is 0.129 e. The van der Waals surface area contributed by atoms with E-state index in [1.165, 1.54) is 24.9 Å². The van der Waals surface area contributed by atoms with Crippen LogP contribution in [0.4, 0.5) is 5.82 Å². The molecule has 4 nitrogen and oxygen atoms in total. The van der Waals surface area contributed by atoms with Crippen molar-refractivity contribution in [2.24, 2.45) is 0 Å². The minimum Gasteiger partial charge on any atom is -0.352 e. The molecule has 118 valence electrons. The standard InChI is InChI=1S/C17H30N4/c1-5-16-13-20(4)9-6-10-21(16)17-11-15(7-8-18-17)12-19-14(2)3/h7-8,11,14,16,19H,5-6,9-10,12-13H2,1-4H3. The lowest BCUT2D eigenvalue weighted by molar-refractivity contribution is 0.327. The summed E-state index contributed by atoms with van der Waals surface area (Å²) < 4.78 is 0. The van der Waals surface area contributed by atoms with Crippen molar-refractivity contribution in [2.75, 3.05) is 31.6 Å². The topological polar surface area (TPSA) is 31.4 Å². The fourth-order valence-corrected chi connectivity index (χ4v) is 2.94. The van der Waals surface area contributed by atoms with Gasteiger partial charge in [-0.15, -0.1) is 0 Å². The van der Waals surface area contributed by atoms with Crippen LogP contribution in [-0.2, 0) is 6.54 Å². The average Bonchev–Trinajstić information content (AvgIpc) is 2.66. The van der Waals surface area contributed by atoms with Gasteiger partial charge in [-0.25, -0.2) is 4.98 Å². The van der Waals surface area contributed by atoms with E-state index in [2.05, 4.69) is 60.1 Å². The van der Waals surface area contributed by atoms with Crippen LogP contribution in [-0.4, -0.2) is 48.6 Å². The summed E-state index contributed by atoms with van der Waals surface area (Å²) in [4.78, 5) is 9.58. The van der Waals surface area contributed by atoms with E-state index < -0.39 is 0 Å². The van der Waals surface area contributed by atoms with Gasteiger partial charge in [0.05, 0.1) is 0 Å². The first-order valence-electron chi connectivity index (χ1n) is 8.23. The van der Waals surface area contributed by atoms with E-state index in [9.17, 15) is 0 Å². The summed E-state index contributed by atoms with van der Waals surface area (Å²) >= 11 is 0. The highest BCUT2D eigenvalue weighted by molar-refractivity contribution is 5.42. The molecule has 2 heterocycles. The number of hydrogen-bond donors (Lipinski definition) is 1. The average molecular weight is 290 g/mol. The molecule has 4 heteroatoms. The van der Waals surface area contributed by atoms with Gasteiger partial charge in [0.25, 0.3) is 0 Å². The SMILES string of the molecule is CCC1CN(C)CCCN1c1cc(CNC(C)C)ccn1. The molecule has 0 aromatic carbocycles. The molecule has 1 aromatic rings. The van der Waals surface area contributed by atoms with Crippen LogP contribution in [0.5, 0.6) is 0 Å². The third-order valence-electron chi connectivity index (χ3n) is 4.19. The zero-order valence-electron chi connectivity index (χ0n) is 14.0. The van der Waals surface area contributed by atoms with Gasteiger partial charge in [0.15, 0.2) is 0 Å². The molecule has 0 aliphatic carbocycles. The van der Waals surface area contributed by atoms with Gasteiger partial charge >= 0.3 is 0 Å². The highest BCUT2D eigenvalue weighted by Crippen LogP contribution is 2.20. The number of rotatable bonds is 5. The Labute approximate surface area is 129 Å². The van der Waals surface area contributed by atoms with Crippen LogP contribution in [0.2, 0.25) is 0 Å². The Balaban J connectivity index is 2.13. The molecule has 0 amide bonds. The quantitative estimate of drug-likeness (QED) is 0.903. The number of aromatic nitrogens is 1. The monoisotopic (exact) mass is 290 g/mol. The van der Waals surface area contributed by atoms with Crippen molar-refractivity contribution in [3.63, 3.8) is 0 Å². The van der Waals surface area contributed by atoms with Gasteiger partial charge in [0.1, 0.15) is 5.82 Å². The maximum absolute atomic E-state index is 4.63. The Bertz CT molecular complexity index is 433. The van der Waals surface area contributed by atoms with Crippen LogP contribution in [0.25, 0.3) is 0 Å². The highest BCUT2D eigenvalue weighted by Gasteiger charge is 2.23. The molecule has 0 spiro atoms. The summed E-state index contributed by atoms with van der Waals surface area (Å²) in [5, 5.41) is 3.48. The van der Waals surface area contributed by atoms with Crippen molar-refractivity contribution in [1.82, 2.24) is 15.2 Å². The van der Waals surface area contributed by atoms with Gasteiger partial charge in [-0.05, 0) is 44.1 Å². The van der Waals surface area contributed by atoms with E-state index >= 15 is 0 Å². The van der Waals surface area contributed by atoms with Crippen molar-refractivity contribution < 1.29 is 0 Å². The van der Waals surface area contributed by atoms with Crippen molar-refractivity contribution in [3.05, 3.63) is 23.9 Å². The molecular formula is C17H30N4. The summed E-state index contributed by atoms with van der Waals surface area (Å²) in [6.07, 6.45) is 4.33. The first-order valence-corrected chi connectivity index (χ1v) is 8.23. The summed E-state index contributed by atoms with van der Waals surface area (Å²) in [5.41, 5.74) is 1.32. The lowest BCUT2D eigenvalue weighted by Gasteiger charge is -2.31. The Hall–Kier alpha value is -1.13. The maximum atomic E-state index is 4.63. The molecule has 1 aliphatic heterocycles. The largest absolute Gasteiger partial charge is 0.352 e. The second-order valence-electron chi connectivity index (χ2n) is 6.43. The molecule has 1 unspecified atom stereocenters. The predicted molar refractivity (Wildman–Crippen MR) is 89.8 cm³/mol. The zero-order chi connectivity index (χ0) is 15.2. The van der Waals surface area contributed by atoms with Crippen molar-refractivity contribution in [2.45, 2.75) is 52.2 Å². The van der Waals surface area contributed by atoms with E-state index in [1.807, 2.05) is 6.20 Å². The van der Waals surface area contributed by atoms with Crippen LogP contribution in [0.3, 0.4) is 0 Å². The Morgan fingerprint density at radius 3 is 2.90 bits per heavy atom. The van der Waals surface area contributed by atoms with Gasteiger partial charge in [0.2, 0.25) is 0 Å². The summed E-state index contributed by atoms with van der Waals surface area (Å²) in [5.74, 6) is 1.14. The molecule has 1 aromatic heterocycles. The number of likely N-dealkylation sites (N-methyl/N-ethyl adjacent to an activating group) is 1. The second-order valence-corrected chi connectivity index (χ2v) is 6.43. The molecule has 0 radical (unpaired) electrons. The molecule has 1 saturated heterocycles. The lowest BCUT2D eigenvalue weighted by Crippen LogP contribution is -2.40. The summed E-state index contributed by atoms with van der Waals surface area (Å²) in [7, 11) is 2.22. The van der Waals surface area contributed by atoms with E-state index in [-0.39, 0.29) is 0 Å². The van der Waals surface area contributed by atoms with Crippen molar-refractivity contribution >= 4 is 5.82 Å². The molecule has 1 fully saturated rings. The van der Waals surface area contributed by atoms with Gasteiger partial charge in [0, 0.05) is 37.9 Å². The van der Waals surface area contributed by atoms with Crippen LogP contribution < -0.4 is 10.2 Å². The second kappa shape index (κ2) is 7.76. The lowest BCUT2D eigenvalue weighted by atomic mass is 10.1. The number of pyridine rings is 1. The molecule has 1 aliphatic rings. The van der Waals surface area contributed by atoms with E-state index in [4.69, 9.17) is 0 Å². The Kier molecular flexibility index (Phi) is 6.00. The fraction of sp³-hybridized carbons (Fsp3) is 0.706. The number of anilines is 1. The fourth-order valence-electron chi connectivity index (χ4n) is 2.94. The molecule has 0 saturated carbocycles. The minimum atomic E-state index is 0.511. The van der Waals surface area contributed by atoms with Crippen molar-refractivity contribution in [1.29, 1.82) is 0 Å². The van der Waals surface area contributed by atoms with Crippen LogP contribution in [0.15, 0.2) is 18.3 Å². The first-order chi connectivity index (χ1) is 10.1. The van der Waals surface area contributed by atoms with Crippen LogP contribution in [0, 0.1) is 0 Å². The Morgan fingerprint density at radius 2 is 2.19 bits per heavy atom. The van der Waals surface area contributed by atoms with Crippen molar-refractivity contribution in [3.8, 4) is 0 Å². The molecule has 0 bridgehead atoms. The van der Waals surface area contributed by atoms with Gasteiger partial charge in [-0.1, -0.05) is 20.8 Å². The highest BCUT2D eigenvalue weighted by atomic mass is 15.3. The smallest absolute Gasteiger partial charge is 0.129 e. The first kappa shape index (κ1) is 16.2. The summed E-state index contributed by atoms with van der Waals surface area (Å²) in [6.45, 7) is 11.0. The molecular weight excluding hydrogens is 260 g/mol. The molecule has 1 atom stereocenters. The van der Waals surface area contributed by atoms with Gasteiger partial charge in [-0.2, -0.15) is 0 Å². The minimum absolute atomic E-state index is 0.511. The van der Waals surface area contributed by atoms with Gasteiger partial charge < -0.3 is 15.1 Å². The number of nitrogens with one attached hydrogen (secondary N) is 1. The number of nitrogens with zero attached hydrogens (tertiary/aromatic N) is 3. The number of hydrogen-bond acceptors (Lipinski definition) is 4. The zero-order valence-corrected chi connectivity index (χ0v) is 14.0. The normalized spacial score (nSPS) is 20.8. The van der Waals surface area contributed by atoms with E-state index in [0.29, 0.717) is 12.1 Å².